The van der Waals surface area contributed by atoms with Crippen LogP contribution in [0.4, 0.5) is 5.82 Å². The Morgan fingerprint density at radius 3 is 2.88 bits per heavy atom. The van der Waals surface area contributed by atoms with Crippen LogP contribution in [-0.4, -0.2) is 67.9 Å². The van der Waals surface area contributed by atoms with Gasteiger partial charge in [0.15, 0.2) is 0 Å². The predicted molar refractivity (Wildman–Crippen MR) is 88.7 cm³/mol. The Balaban J connectivity index is 1.67. The molecule has 8 heteroatoms. The van der Waals surface area contributed by atoms with Crippen LogP contribution in [0.25, 0.3) is 0 Å². The van der Waals surface area contributed by atoms with Crippen molar-refractivity contribution >= 4 is 11.7 Å². The van der Waals surface area contributed by atoms with E-state index in [9.17, 15) is 9.90 Å². The van der Waals surface area contributed by atoms with Crippen molar-refractivity contribution in [1.29, 1.82) is 0 Å². The van der Waals surface area contributed by atoms with Crippen LogP contribution in [0.5, 0.6) is 0 Å². The standard InChI is InChI=1S/C16H22N6O2/c1-12-13(9-21(3)19-12)15(23)20(2)10-16(24)4-7-22(11-16)14-8-17-5-6-18-14/h5-6,8-9,24H,4,7,10-11H2,1-3H3. The van der Waals surface area contributed by atoms with Gasteiger partial charge in [-0.05, 0) is 13.3 Å². The minimum atomic E-state index is -0.960. The first-order valence-corrected chi connectivity index (χ1v) is 7.87. The van der Waals surface area contributed by atoms with Gasteiger partial charge in [0.25, 0.3) is 5.91 Å². The number of aryl methyl sites for hydroxylation is 2. The highest BCUT2D eigenvalue weighted by molar-refractivity contribution is 5.94. The largest absolute Gasteiger partial charge is 0.386 e. The minimum Gasteiger partial charge on any atom is -0.386 e. The zero-order valence-electron chi connectivity index (χ0n) is 14.2. The summed E-state index contributed by atoms with van der Waals surface area (Å²) in [5, 5.41) is 15.1. The third-order valence-corrected chi connectivity index (χ3v) is 4.33. The Labute approximate surface area is 140 Å². The van der Waals surface area contributed by atoms with E-state index in [2.05, 4.69) is 15.1 Å². The lowest BCUT2D eigenvalue weighted by Crippen LogP contribution is -2.46. The number of β-amino-alcohol motifs (C(OH)–C–C–N with tert-alkyl or cyclic N) is 1. The average molecular weight is 330 g/mol. The van der Waals surface area contributed by atoms with Crippen LogP contribution in [0, 0.1) is 6.92 Å². The molecule has 3 rings (SSSR count). The van der Waals surface area contributed by atoms with Crippen molar-refractivity contribution in [2.24, 2.45) is 7.05 Å². The number of likely N-dealkylation sites (N-methyl/N-ethyl adjacent to an activating group) is 1. The molecule has 0 radical (unpaired) electrons. The van der Waals surface area contributed by atoms with Crippen LogP contribution in [-0.2, 0) is 7.05 Å². The normalized spacial score (nSPS) is 20.4. The molecule has 1 atom stereocenters. The number of hydrogen-bond donors (Lipinski definition) is 1. The molecule has 0 saturated carbocycles. The van der Waals surface area contributed by atoms with Crippen LogP contribution in [0.3, 0.4) is 0 Å². The molecule has 24 heavy (non-hydrogen) atoms. The summed E-state index contributed by atoms with van der Waals surface area (Å²) in [5.74, 6) is 0.609. The molecule has 0 bridgehead atoms. The van der Waals surface area contributed by atoms with Gasteiger partial charge in [-0.2, -0.15) is 5.10 Å². The maximum Gasteiger partial charge on any atom is 0.257 e. The fourth-order valence-corrected chi connectivity index (χ4v) is 3.16. The Bertz CT molecular complexity index is 731. The van der Waals surface area contributed by atoms with E-state index in [0.29, 0.717) is 30.8 Å². The van der Waals surface area contributed by atoms with Gasteiger partial charge in [-0.3, -0.25) is 14.5 Å². The van der Waals surface area contributed by atoms with Gasteiger partial charge in [-0.1, -0.05) is 0 Å². The first-order valence-electron chi connectivity index (χ1n) is 7.87. The van der Waals surface area contributed by atoms with Gasteiger partial charge in [-0.25, -0.2) is 4.98 Å². The second kappa shape index (κ2) is 6.20. The molecule has 1 aliphatic heterocycles. The van der Waals surface area contributed by atoms with Crippen molar-refractivity contribution in [3.05, 3.63) is 36.0 Å². The summed E-state index contributed by atoms with van der Waals surface area (Å²) >= 11 is 0. The molecule has 1 amide bonds. The average Bonchev–Trinajstić information content (AvgIpc) is 3.10. The quantitative estimate of drug-likeness (QED) is 0.864. The first kappa shape index (κ1) is 16.4. The van der Waals surface area contributed by atoms with Crippen LogP contribution in [0.2, 0.25) is 0 Å². The second-order valence-corrected chi connectivity index (χ2v) is 6.42. The minimum absolute atomic E-state index is 0.132. The molecule has 3 heterocycles. The number of hydrogen-bond acceptors (Lipinski definition) is 6. The lowest BCUT2D eigenvalue weighted by Gasteiger charge is -2.29. The lowest BCUT2D eigenvalue weighted by atomic mass is 10.0. The van der Waals surface area contributed by atoms with E-state index >= 15 is 0 Å². The Hall–Kier alpha value is -2.48. The maximum atomic E-state index is 12.6. The van der Waals surface area contributed by atoms with Crippen molar-refractivity contribution in [2.75, 3.05) is 31.6 Å². The Morgan fingerprint density at radius 2 is 2.25 bits per heavy atom. The molecule has 1 N–H and O–H groups in total. The SMILES string of the molecule is Cc1nn(C)cc1C(=O)N(C)CC1(O)CCN(c2cnccn2)C1. The van der Waals surface area contributed by atoms with Crippen LogP contribution in [0.15, 0.2) is 24.8 Å². The van der Waals surface area contributed by atoms with Crippen molar-refractivity contribution in [1.82, 2.24) is 24.6 Å². The Morgan fingerprint density at radius 1 is 1.46 bits per heavy atom. The molecular formula is C16H22N6O2. The summed E-state index contributed by atoms with van der Waals surface area (Å²) in [6.07, 6.45) is 7.22. The molecule has 1 saturated heterocycles. The number of carbonyl (C=O) groups is 1. The van der Waals surface area contributed by atoms with Gasteiger partial charge >= 0.3 is 0 Å². The summed E-state index contributed by atoms with van der Waals surface area (Å²) in [6.45, 7) is 3.18. The van der Waals surface area contributed by atoms with Gasteiger partial charge in [0.05, 0.1) is 24.0 Å². The van der Waals surface area contributed by atoms with Gasteiger partial charge in [0.2, 0.25) is 0 Å². The number of rotatable bonds is 4. The van der Waals surface area contributed by atoms with Crippen LogP contribution < -0.4 is 4.90 Å². The number of aromatic nitrogens is 4. The highest BCUT2D eigenvalue weighted by Gasteiger charge is 2.38. The van der Waals surface area contributed by atoms with Gasteiger partial charge < -0.3 is 14.9 Å². The summed E-state index contributed by atoms with van der Waals surface area (Å²) in [4.78, 5) is 24.5. The fraction of sp³-hybridized carbons (Fsp3) is 0.500. The van der Waals surface area contributed by atoms with Crippen molar-refractivity contribution in [3.8, 4) is 0 Å². The molecule has 0 aliphatic carbocycles. The Kier molecular flexibility index (Phi) is 4.23. The number of carbonyl (C=O) groups excluding carboxylic acids is 1. The highest BCUT2D eigenvalue weighted by atomic mass is 16.3. The molecular weight excluding hydrogens is 308 g/mol. The van der Waals surface area contributed by atoms with E-state index in [1.807, 2.05) is 4.90 Å². The summed E-state index contributed by atoms with van der Waals surface area (Å²) in [5.41, 5.74) is 0.291. The third kappa shape index (κ3) is 3.23. The predicted octanol–water partition coefficient (Wildman–Crippen LogP) is 0.232. The molecule has 1 unspecified atom stereocenters. The number of amides is 1. The maximum absolute atomic E-state index is 12.6. The van der Waals surface area contributed by atoms with E-state index < -0.39 is 5.60 Å². The second-order valence-electron chi connectivity index (χ2n) is 6.42. The molecule has 0 spiro atoms. The van der Waals surface area contributed by atoms with E-state index in [4.69, 9.17) is 0 Å². The lowest BCUT2D eigenvalue weighted by molar-refractivity contribution is 0.0264. The fourth-order valence-electron chi connectivity index (χ4n) is 3.16. The molecule has 8 nitrogen and oxygen atoms in total. The summed E-state index contributed by atoms with van der Waals surface area (Å²) < 4.78 is 1.62. The van der Waals surface area contributed by atoms with Crippen molar-refractivity contribution in [3.63, 3.8) is 0 Å². The molecule has 0 aromatic carbocycles. The topological polar surface area (TPSA) is 87.4 Å². The zero-order valence-corrected chi connectivity index (χ0v) is 14.2. The summed E-state index contributed by atoms with van der Waals surface area (Å²) in [7, 11) is 3.49. The van der Waals surface area contributed by atoms with Gasteiger partial charge in [0.1, 0.15) is 11.4 Å². The molecule has 1 aliphatic rings. The summed E-state index contributed by atoms with van der Waals surface area (Å²) in [6, 6.07) is 0. The number of anilines is 1. The monoisotopic (exact) mass is 330 g/mol. The highest BCUT2D eigenvalue weighted by Crippen LogP contribution is 2.26. The number of aliphatic hydroxyl groups is 1. The smallest absolute Gasteiger partial charge is 0.257 e. The van der Waals surface area contributed by atoms with E-state index in [1.54, 1.807) is 55.4 Å². The molecule has 1 fully saturated rings. The zero-order chi connectivity index (χ0) is 17.3. The van der Waals surface area contributed by atoms with E-state index in [1.165, 1.54) is 0 Å². The van der Waals surface area contributed by atoms with E-state index in [-0.39, 0.29) is 12.5 Å². The molecule has 128 valence electrons. The van der Waals surface area contributed by atoms with Crippen molar-refractivity contribution in [2.45, 2.75) is 18.9 Å². The van der Waals surface area contributed by atoms with Crippen LogP contribution >= 0.6 is 0 Å². The van der Waals surface area contributed by atoms with Crippen molar-refractivity contribution < 1.29 is 9.90 Å². The first-order chi connectivity index (χ1) is 11.4. The van der Waals surface area contributed by atoms with Gasteiger partial charge in [-0.15, -0.1) is 0 Å². The van der Waals surface area contributed by atoms with E-state index in [0.717, 1.165) is 5.82 Å². The molecule has 2 aromatic rings. The number of nitrogens with zero attached hydrogens (tertiary/aromatic N) is 6. The molecule has 2 aromatic heterocycles. The van der Waals surface area contributed by atoms with Gasteiger partial charge in [0, 0.05) is 45.8 Å². The van der Waals surface area contributed by atoms with Crippen LogP contribution in [0.1, 0.15) is 22.5 Å². The third-order valence-electron chi connectivity index (χ3n) is 4.33.